The highest BCUT2D eigenvalue weighted by Gasteiger charge is 2.64. The number of aromatic hydroxyl groups is 1. The summed E-state index contributed by atoms with van der Waals surface area (Å²) >= 11 is 0. The first-order valence-corrected chi connectivity index (χ1v) is 14.3. The molecular formula is C30H41N5O7. The Morgan fingerprint density at radius 1 is 1.14 bits per heavy atom. The molecule has 2 fully saturated rings. The number of ketones is 2. The number of carbonyl (C=O) groups is 3. The Morgan fingerprint density at radius 2 is 1.79 bits per heavy atom. The number of phenols is 1. The lowest BCUT2D eigenvalue weighted by Crippen LogP contribution is -2.65. The molecule has 0 bridgehead atoms. The smallest absolute Gasteiger partial charge is 0.255 e. The van der Waals surface area contributed by atoms with Crippen molar-refractivity contribution in [2.45, 2.75) is 49.9 Å². The van der Waals surface area contributed by atoms with Crippen LogP contribution in [0.25, 0.3) is 5.76 Å². The average molecular weight is 584 g/mol. The van der Waals surface area contributed by atoms with Crippen molar-refractivity contribution in [2.24, 2.45) is 17.6 Å². The summed E-state index contributed by atoms with van der Waals surface area (Å²) in [5.74, 6) is -6.49. The topological polar surface area (TPSA) is 180 Å². The Kier molecular flexibility index (Phi) is 7.63. The lowest BCUT2D eigenvalue weighted by atomic mass is 9.57. The number of nitrogens with zero attached hydrogens (tertiary/aromatic N) is 3. The number of hydrogen-bond acceptors (Lipinski definition) is 11. The Labute approximate surface area is 245 Å². The van der Waals surface area contributed by atoms with E-state index in [9.17, 15) is 34.8 Å². The van der Waals surface area contributed by atoms with Gasteiger partial charge in [0.1, 0.15) is 22.8 Å². The number of piperidine rings is 1. The van der Waals surface area contributed by atoms with Crippen molar-refractivity contribution in [3.8, 4) is 5.75 Å². The molecule has 1 amide bonds. The van der Waals surface area contributed by atoms with Crippen molar-refractivity contribution in [3.63, 3.8) is 0 Å². The summed E-state index contributed by atoms with van der Waals surface area (Å²) in [6, 6.07) is 1.04. The molecule has 1 aromatic carbocycles. The van der Waals surface area contributed by atoms with Gasteiger partial charge in [-0.15, -0.1) is 0 Å². The number of anilines is 1. The van der Waals surface area contributed by atoms with Crippen LogP contribution in [0.3, 0.4) is 0 Å². The number of nitrogens with one attached hydrogen (secondary N) is 1. The number of likely N-dealkylation sites (tertiary alicyclic amines) is 1. The minimum Gasteiger partial charge on any atom is -0.508 e. The van der Waals surface area contributed by atoms with Crippen LogP contribution in [0, 0.1) is 11.8 Å². The van der Waals surface area contributed by atoms with Crippen LogP contribution in [0.1, 0.15) is 36.0 Å². The molecule has 0 unspecified atom stereocenters. The maximum atomic E-state index is 14.1. The molecule has 1 heterocycles. The number of carbonyl (C=O) groups excluding carboxylic acids is 3. The number of fused-ring (bicyclic) bond motifs is 3. The second-order valence-electron chi connectivity index (χ2n) is 12.6. The Hall–Kier alpha value is -3.45. The summed E-state index contributed by atoms with van der Waals surface area (Å²) in [7, 11) is 8.96. The van der Waals surface area contributed by atoms with Crippen LogP contribution in [0.5, 0.6) is 5.75 Å². The molecule has 0 aromatic heterocycles. The maximum Gasteiger partial charge on any atom is 0.255 e. The van der Waals surface area contributed by atoms with Gasteiger partial charge in [-0.05, 0) is 77.5 Å². The molecule has 1 saturated heterocycles. The number of Topliss-reactive ketones (excluding diaryl/α,β-unsaturated/α-hetero) is 2. The molecule has 1 aromatic rings. The average Bonchev–Trinajstić information content (AvgIpc) is 2.90. The molecule has 42 heavy (non-hydrogen) atoms. The van der Waals surface area contributed by atoms with E-state index in [2.05, 4.69) is 17.3 Å². The van der Waals surface area contributed by atoms with E-state index in [1.54, 1.807) is 14.1 Å². The summed E-state index contributed by atoms with van der Waals surface area (Å²) in [6.45, 7) is 2.28. The van der Waals surface area contributed by atoms with Gasteiger partial charge in [0.2, 0.25) is 5.78 Å². The van der Waals surface area contributed by atoms with Gasteiger partial charge < -0.3 is 41.3 Å². The summed E-state index contributed by atoms with van der Waals surface area (Å²) in [5.41, 5.74) is 3.85. The number of primary amides is 1. The van der Waals surface area contributed by atoms with Crippen molar-refractivity contribution in [1.29, 1.82) is 0 Å². The van der Waals surface area contributed by atoms with Crippen molar-refractivity contribution >= 4 is 28.9 Å². The number of phenolic OH excluding ortho intramolecular Hbond substituents is 1. The molecule has 0 radical (unpaired) electrons. The number of hydrogen-bond donors (Lipinski definition) is 6. The fraction of sp³-hybridized carbons (Fsp3) is 0.567. The Morgan fingerprint density at radius 3 is 2.36 bits per heavy atom. The number of nitrogens with two attached hydrogens (primary N) is 1. The van der Waals surface area contributed by atoms with Crippen LogP contribution in [0.4, 0.5) is 5.69 Å². The number of aliphatic hydroxyl groups excluding tert-OH is 2. The van der Waals surface area contributed by atoms with E-state index in [1.807, 2.05) is 25.1 Å². The van der Waals surface area contributed by atoms with E-state index < -0.39 is 58.0 Å². The highest BCUT2D eigenvalue weighted by atomic mass is 16.3. The summed E-state index contributed by atoms with van der Waals surface area (Å²) in [5, 5.41) is 49.5. The summed E-state index contributed by atoms with van der Waals surface area (Å²) < 4.78 is 0. The van der Waals surface area contributed by atoms with Gasteiger partial charge in [-0.25, -0.2) is 0 Å². The normalized spacial score (nSPS) is 28.6. The summed E-state index contributed by atoms with van der Waals surface area (Å²) in [4.78, 5) is 45.2. The maximum absolute atomic E-state index is 14.1. The lowest BCUT2D eigenvalue weighted by Gasteiger charge is -2.50. The van der Waals surface area contributed by atoms with Crippen LogP contribution in [0.2, 0.25) is 0 Å². The third-order valence-electron chi connectivity index (χ3n) is 9.56. The molecule has 228 valence electrons. The van der Waals surface area contributed by atoms with E-state index in [1.165, 1.54) is 4.90 Å². The van der Waals surface area contributed by atoms with E-state index in [0.717, 1.165) is 31.6 Å². The number of aliphatic hydroxyl groups is 3. The third-order valence-corrected chi connectivity index (χ3v) is 9.56. The fourth-order valence-electron chi connectivity index (χ4n) is 7.35. The molecule has 1 aliphatic heterocycles. The Bertz CT molecular complexity index is 1410. The van der Waals surface area contributed by atoms with Crippen molar-refractivity contribution in [3.05, 3.63) is 39.7 Å². The first-order chi connectivity index (χ1) is 19.7. The highest BCUT2D eigenvalue weighted by molar-refractivity contribution is 6.24. The molecule has 1 saturated carbocycles. The summed E-state index contributed by atoms with van der Waals surface area (Å²) in [6.07, 6.45) is 2.24. The minimum absolute atomic E-state index is 0.0544. The number of rotatable bonds is 6. The van der Waals surface area contributed by atoms with E-state index in [-0.39, 0.29) is 35.8 Å². The molecule has 3 aliphatic carbocycles. The molecule has 0 spiro atoms. The Balaban J connectivity index is 1.62. The number of likely N-dealkylation sites (N-methyl/N-ethyl adjacent to an activating group) is 1. The predicted octanol–water partition coefficient (Wildman–Crippen LogP) is 0.214. The van der Waals surface area contributed by atoms with Gasteiger partial charge in [-0.2, -0.15) is 0 Å². The van der Waals surface area contributed by atoms with Gasteiger partial charge in [-0.1, -0.05) is 0 Å². The second kappa shape index (κ2) is 10.7. The van der Waals surface area contributed by atoms with E-state index in [0.29, 0.717) is 17.7 Å². The molecule has 7 N–H and O–H groups in total. The van der Waals surface area contributed by atoms with E-state index >= 15 is 0 Å². The lowest BCUT2D eigenvalue weighted by molar-refractivity contribution is -0.153. The molecule has 12 nitrogen and oxygen atoms in total. The van der Waals surface area contributed by atoms with Crippen LogP contribution in [-0.2, 0) is 27.3 Å². The minimum atomic E-state index is -2.65. The first-order valence-electron chi connectivity index (χ1n) is 14.3. The zero-order valence-electron chi connectivity index (χ0n) is 24.8. The van der Waals surface area contributed by atoms with Gasteiger partial charge in [0.15, 0.2) is 11.4 Å². The SMILES string of the molecule is CN1CCC(NCc2cc(N(C)C)c3c(c2O)C(O)=C2C(=O)[C@]4(O)C(O)=C(C(N)=O)C(=O)[C@@H](N(C)C)[C@@H]4C[C@@H]2C3)CC1. The number of amides is 1. The number of benzene rings is 1. The standard InChI is InChI=1S/C30H41N5O7/c1-33(2)19-12-15(13-32-16-6-8-35(5)9-7-16)24(36)21-17(19)10-14-11-18-23(34(3)4)26(38)22(29(31)41)28(40)30(18,42)27(39)20(14)25(21)37/h12,14,16,18,23,32,36-37,40,42H,6-11,13H2,1-5H3,(H2,31,41)/t14-,18-,23-,30-/m0/s1. The highest BCUT2D eigenvalue weighted by Crippen LogP contribution is 2.54. The molecule has 4 aliphatic rings. The van der Waals surface area contributed by atoms with Crippen LogP contribution in [-0.4, -0.2) is 114 Å². The second-order valence-corrected chi connectivity index (χ2v) is 12.6. The van der Waals surface area contributed by atoms with Gasteiger partial charge >= 0.3 is 0 Å². The predicted molar refractivity (Wildman–Crippen MR) is 156 cm³/mol. The van der Waals surface area contributed by atoms with Crippen LogP contribution < -0.4 is 16.0 Å². The molecule has 4 atom stereocenters. The molecule has 5 rings (SSSR count). The van der Waals surface area contributed by atoms with Gasteiger partial charge in [-0.3, -0.25) is 19.3 Å². The monoisotopic (exact) mass is 583 g/mol. The van der Waals surface area contributed by atoms with Gasteiger partial charge in [0.25, 0.3) is 5.91 Å². The van der Waals surface area contributed by atoms with Gasteiger partial charge in [0.05, 0.1) is 11.6 Å². The third kappa shape index (κ3) is 4.48. The zero-order valence-corrected chi connectivity index (χ0v) is 24.8. The zero-order chi connectivity index (χ0) is 30.8. The quantitative estimate of drug-likeness (QED) is 0.252. The van der Waals surface area contributed by atoms with Crippen molar-refractivity contribution < 1.29 is 34.8 Å². The van der Waals surface area contributed by atoms with E-state index in [4.69, 9.17) is 5.73 Å². The van der Waals surface area contributed by atoms with Crippen molar-refractivity contribution in [2.75, 3.05) is 53.2 Å². The molecular weight excluding hydrogens is 542 g/mol. The first kappa shape index (κ1) is 30.0. The van der Waals surface area contributed by atoms with Crippen molar-refractivity contribution in [1.82, 2.24) is 15.1 Å². The molecule has 12 heteroatoms. The fourth-order valence-corrected chi connectivity index (χ4v) is 7.35. The van der Waals surface area contributed by atoms with Gasteiger partial charge in [0, 0.05) is 49.4 Å². The van der Waals surface area contributed by atoms with Crippen LogP contribution >= 0.6 is 0 Å². The largest absolute Gasteiger partial charge is 0.508 e. The van der Waals surface area contributed by atoms with Crippen LogP contribution in [0.15, 0.2) is 23.0 Å².